The molecule has 4 rings (SSSR count). The van der Waals surface area contributed by atoms with Crippen LogP contribution in [0.5, 0.6) is 0 Å². The van der Waals surface area contributed by atoms with E-state index in [9.17, 15) is 18.8 Å². The van der Waals surface area contributed by atoms with E-state index in [1.165, 1.54) is 17.0 Å². The van der Waals surface area contributed by atoms with Crippen LogP contribution in [-0.2, 0) is 14.3 Å². The Morgan fingerprint density at radius 1 is 1.27 bits per heavy atom. The summed E-state index contributed by atoms with van der Waals surface area (Å²) in [5.41, 5.74) is 0.406. The van der Waals surface area contributed by atoms with Gasteiger partial charge in [-0.15, -0.1) is 11.3 Å². The molecule has 33 heavy (non-hydrogen) atoms. The molecule has 0 spiro atoms. The molecule has 1 aliphatic heterocycles. The third-order valence-electron chi connectivity index (χ3n) is 5.42. The van der Waals surface area contributed by atoms with Gasteiger partial charge in [0.1, 0.15) is 18.5 Å². The molecular weight excluding hydrogens is 471 g/mol. The van der Waals surface area contributed by atoms with Crippen molar-refractivity contribution >= 4 is 52.0 Å². The summed E-state index contributed by atoms with van der Waals surface area (Å²) in [5, 5.41) is 8.63. The second-order valence-corrected chi connectivity index (χ2v) is 9.69. The molecule has 3 N–H and O–H groups in total. The number of carbonyl (C=O) groups excluding carboxylic acids is 3. The van der Waals surface area contributed by atoms with Crippen molar-refractivity contribution in [1.82, 2.24) is 10.6 Å². The first-order valence-electron chi connectivity index (χ1n) is 10.7. The smallest absolute Gasteiger partial charge is 0.261 e. The maximum absolute atomic E-state index is 14.7. The van der Waals surface area contributed by atoms with Crippen LogP contribution in [0, 0.1) is 11.7 Å². The fourth-order valence-corrected chi connectivity index (χ4v) is 4.37. The first-order valence-corrected chi connectivity index (χ1v) is 11.9. The maximum Gasteiger partial charge on any atom is 0.261 e. The highest BCUT2D eigenvalue weighted by atomic mass is 35.5. The van der Waals surface area contributed by atoms with Crippen molar-refractivity contribution in [1.29, 1.82) is 0 Å². The van der Waals surface area contributed by atoms with Crippen molar-refractivity contribution in [3.8, 4) is 0 Å². The summed E-state index contributed by atoms with van der Waals surface area (Å²) in [7, 11) is 0. The number of rotatable bonds is 9. The molecule has 0 bridgehead atoms. The largest absolute Gasteiger partial charge is 0.370 e. The van der Waals surface area contributed by atoms with E-state index in [0.717, 1.165) is 24.2 Å². The van der Waals surface area contributed by atoms with Crippen molar-refractivity contribution < 1.29 is 23.5 Å². The summed E-state index contributed by atoms with van der Waals surface area (Å²) in [6.07, 6.45) is 2.21. The Morgan fingerprint density at radius 2 is 2.09 bits per heavy atom. The van der Waals surface area contributed by atoms with Crippen LogP contribution in [0.4, 0.5) is 15.8 Å². The topological polar surface area (TPSA) is 99.8 Å². The van der Waals surface area contributed by atoms with Gasteiger partial charge in [0.25, 0.3) is 11.8 Å². The molecule has 2 fully saturated rings. The summed E-state index contributed by atoms with van der Waals surface area (Å²) in [6.45, 7) is 1.24. The summed E-state index contributed by atoms with van der Waals surface area (Å²) in [4.78, 5) is 39.0. The SMILES string of the molecule is O=C(NC[C@@H](NCC1CC1)C(=O)Nc1ccc(N2CCOCC2=O)c(F)c1)c1ccc(Cl)s1. The van der Waals surface area contributed by atoms with Crippen LogP contribution >= 0.6 is 22.9 Å². The lowest BCUT2D eigenvalue weighted by Crippen LogP contribution is -2.49. The van der Waals surface area contributed by atoms with Gasteiger partial charge < -0.3 is 25.6 Å². The Morgan fingerprint density at radius 3 is 2.76 bits per heavy atom. The van der Waals surface area contributed by atoms with Gasteiger partial charge >= 0.3 is 0 Å². The van der Waals surface area contributed by atoms with Crippen LogP contribution in [0.2, 0.25) is 4.34 Å². The number of anilines is 2. The quantitative estimate of drug-likeness (QED) is 0.497. The average molecular weight is 495 g/mol. The Labute approximate surface area is 199 Å². The van der Waals surface area contributed by atoms with E-state index in [2.05, 4.69) is 16.0 Å². The molecule has 1 aliphatic carbocycles. The molecule has 1 saturated carbocycles. The van der Waals surface area contributed by atoms with Crippen LogP contribution in [0.25, 0.3) is 0 Å². The molecule has 11 heteroatoms. The normalized spacial score (nSPS) is 17.0. The first kappa shape index (κ1) is 23.6. The van der Waals surface area contributed by atoms with Crippen molar-refractivity contribution in [2.75, 3.05) is 43.1 Å². The lowest BCUT2D eigenvalue weighted by Gasteiger charge is -2.27. The minimum absolute atomic E-state index is 0.0652. The van der Waals surface area contributed by atoms with Crippen LogP contribution in [0.1, 0.15) is 22.5 Å². The van der Waals surface area contributed by atoms with E-state index in [1.807, 2.05) is 0 Å². The van der Waals surface area contributed by atoms with Gasteiger partial charge in [-0.3, -0.25) is 14.4 Å². The highest BCUT2D eigenvalue weighted by Gasteiger charge is 2.27. The number of carbonyl (C=O) groups is 3. The van der Waals surface area contributed by atoms with Crippen molar-refractivity contribution in [2.45, 2.75) is 18.9 Å². The van der Waals surface area contributed by atoms with E-state index in [0.29, 0.717) is 28.3 Å². The summed E-state index contributed by atoms with van der Waals surface area (Å²) in [6, 6.07) is 6.75. The Balaban J connectivity index is 1.39. The average Bonchev–Trinajstić information content (AvgIpc) is 3.52. The minimum Gasteiger partial charge on any atom is -0.370 e. The van der Waals surface area contributed by atoms with E-state index in [-0.39, 0.29) is 42.9 Å². The third-order valence-corrected chi connectivity index (χ3v) is 6.65. The Kier molecular flexibility index (Phi) is 7.59. The molecule has 0 unspecified atom stereocenters. The van der Waals surface area contributed by atoms with Gasteiger partial charge in [0.05, 0.1) is 21.5 Å². The molecule has 1 aromatic carbocycles. The van der Waals surface area contributed by atoms with E-state index < -0.39 is 17.8 Å². The molecule has 8 nitrogen and oxygen atoms in total. The fourth-order valence-electron chi connectivity index (χ4n) is 3.41. The zero-order valence-electron chi connectivity index (χ0n) is 17.7. The molecule has 2 aliphatic rings. The summed E-state index contributed by atoms with van der Waals surface area (Å²) < 4.78 is 20.3. The number of morpholine rings is 1. The second kappa shape index (κ2) is 10.6. The molecule has 176 valence electrons. The number of benzene rings is 1. The van der Waals surface area contributed by atoms with Crippen molar-refractivity contribution in [3.63, 3.8) is 0 Å². The van der Waals surface area contributed by atoms with E-state index in [4.69, 9.17) is 16.3 Å². The van der Waals surface area contributed by atoms with Crippen LogP contribution < -0.4 is 20.9 Å². The van der Waals surface area contributed by atoms with Gasteiger partial charge in [0.2, 0.25) is 5.91 Å². The summed E-state index contributed by atoms with van der Waals surface area (Å²) in [5.74, 6) is -1.12. The lowest BCUT2D eigenvalue weighted by atomic mass is 10.2. The Bertz CT molecular complexity index is 1050. The number of amides is 3. The number of nitrogens with zero attached hydrogens (tertiary/aromatic N) is 1. The number of halogens is 2. The monoisotopic (exact) mass is 494 g/mol. The predicted molar refractivity (Wildman–Crippen MR) is 124 cm³/mol. The second-order valence-electron chi connectivity index (χ2n) is 7.97. The summed E-state index contributed by atoms with van der Waals surface area (Å²) >= 11 is 7.04. The zero-order valence-corrected chi connectivity index (χ0v) is 19.3. The van der Waals surface area contributed by atoms with Crippen LogP contribution in [-0.4, -0.2) is 56.6 Å². The lowest BCUT2D eigenvalue weighted by molar-refractivity contribution is -0.125. The maximum atomic E-state index is 14.7. The molecule has 3 amide bonds. The standard InChI is InChI=1S/C22H24ClFN4O4S/c23-19-6-5-18(33-19)22(31)26-11-16(25-10-13-1-2-13)21(30)27-14-3-4-17(15(24)9-14)28-7-8-32-12-20(28)29/h3-6,9,13,16,25H,1-2,7-8,10-12H2,(H,26,31)(H,27,30)/t16-/m1/s1. The number of hydrogen-bond acceptors (Lipinski definition) is 6. The van der Waals surface area contributed by atoms with E-state index in [1.54, 1.807) is 18.2 Å². The molecular formula is C22H24ClFN4O4S. The molecule has 2 aromatic rings. The van der Waals surface area contributed by atoms with Gasteiger partial charge in [-0.2, -0.15) is 0 Å². The van der Waals surface area contributed by atoms with Gasteiger partial charge in [-0.25, -0.2) is 4.39 Å². The van der Waals surface area contributed by atoms with Gasteiger partial charge in [0.15, 0.2) is 0 Å². The predicted octanol–water partition coefficient (Wildman–Crippen LogP) is 2.64. The number of ether oxygens (including phenoxy) is 1. The Hall–Kier alpha value is -2.53. The van der Waals surface area contributed by atoms with Crippen molar-refractivity contribution in [2.24, 2.45) is 5.92 Å². The molecule has 0 radical (unpaired) electrons. The number of thiophene rings is 1. The van der Waals surface area contributed by atoms with Gasteiger partial charge in [-0.1, -0.05) is 11.6 Å². The van der Waals surface area contributed by atoms with Crippen LogP contribution in [0.15, 0.2) is 30.3 Å². The van der Waals surface area contributed by atoms with E-state index >= 15 is 0 Å². The first-order chi connectivity index (χ1) is 15.9. The third kappa shape index (κ3) is 6.29. The molecule has 2 heterocycles. The van der Waals surface area contributed by atoms with Crippen molar-refractivity contribution in [3.05, 3.63) is 45.4 Å². The molecule has 1 aromatic heterocycles. The molecule has 1 atom stereocenters. The minimum atomic E-state index is -0.700. The van der Waals surface area contributed by atoms with Crippen LogP contribution in [0.3, 0.4) is 0 Å². The number of nitrogens with one attached hydrogen (secondary N) is 3. The highest BCUT2D eigenvalue weighted by Crippen LogP contribution is 2.28. The zero-order chi connectivity index (χ0) is 23.4. The highest BCUT2D eigenvalue weighted by molar-refractivity contribution is 7.18. The fraction of sp³-hybridized carbons (Fsp3) is 0.409. The molecule has 1 saturated heterocycles. The van der Waals surface area contributed by atoms with Gasteiger partial charge in [0, 0.05) is 18.8 Å². The number of hydrogen-bond donors (Lipinski definition) is 3. The van der Waals surface area contributed by atoms with Gasteiger partial charge in [-0.05, 0) is 55.6 Å².